The average molecular weight is 445 g/mol. The molecule has 1 N–H and O–H groups in total. The van der Waals surface area contributed by atoms with Gasteiger partial charge in [0.15, 0.2) is 0 Å². The minimum Gasteiger partial charge on any atom is -0.381 e. The van der Waals surface area contributed by atoms with Crippen molar-refractivity contribution in [1.82, 2.24) is 0 Å². The number of rotatable bonds is 5. The average Bonchev–Trinajstić information content (AvgIpc) is 2.77. The zero-order chi connectivity index (χ0) is 21.8. The Kier molecular flexibility index (Phi) is 6.62. The Morgan fingerprint density at radius 3 is 1.84 bits per heavy atom. The third-order valence-corrected chi connectivity index (χ3v) is 8.07. The summed E-state index contributed by atoms with van der Waals surface area (Å²) in [6.45, 7) is 0. The fourth-order valence-electron chi connectivity index (χ4n) is 4.18. The number of anilines is 1. The van der Waals surface area contributed by atoms with Gasteiger partial charge in [-0.2, -0.15) is 13.2 Å². The van der Waals surface area contributed by atoms with E-state index in [0.717, 1.165) is 42.7 Å². The minimum absolute atomic E-state index is 0.0274. The van der Waals surface area contributed by atoms with Gasteiger partial charge in [0, 0.05) is 11.3 Å². The molecule has 0 aromatic heterocycles. The van der Waals surface area contributed by atoms with Gasteiger partial charge in [-0.15, -0.1) is 0 Å². The lowest BCUT2D eigenvalue weighted by molar-refractivity contribution is -0.137. The van der Waals surface area contributed by atoms with E-state index in [2.05, 4.69) is 5.32 Å². The van der Waals surface area contributed by atoms with Crippen molar-refractivity contribution >= 4 is 29.5 Å². The molecule has 0 unspecified atom stereocenters. The third kappa shape index (κ3) is 5.10. The van der Waals surface area contributed by atoms with Crippen molar-refractivity contribution in [3.05, 3.63) is 84.2 Å². The van der Waals surface area contributed by atoms with Crippen molar-refractivity contribution in [2.75, 3.05) is 5.32 Å². The summed E-state index contributed by atoms with van der Waals surface area (Å²) >= 11 is 0. The lowest BCUT2D eigenvalue weighted by Crippen LogP contribution is -2.31. The summed E-state index contributed by atoms with van der Waals surface area (Å²) in [6, 6.07) is 20.7. The topological polar surface area (TPSA) is 12.0 Å². The maximum Gasteiger partial charge on any atom is 0.418 e. The first-order valence-electron chi connectivity index (χ1n) is 10.5. The van der Waals surface area contributed by atoms with E-state index < -0.39 is 25.5 Å². The highest BCUT2D eigenvalue weighted by atomic mass is 31.1. The standard InChI is InChI=1S/C25H24F4NP/c26-18-16-22(25(27,28)29)24(30-19-10-4-1-5-11-19)23(17-18)31(20-12-6-2-7-13-20)21-14-8-3-9-15-21/h2-3,6-9,12-17,19,30H,1,4-5,10-11H2. The fraction of sp³-hybridized carbons (Fsp3) is 0.280. The van der Waals surface area contributed by atoms with E-state index >= 15 is 0 Å². The normalized spacial score (nSPS) is 15.3. The molecule has 0 aliphatic heterocycles. The van der Waals surface area contributed by atoms with Crippen LogP contribution in [-0.2, 0) is 6.18 Å². The summed E-state index contributed by atoms with van der Waals surface area (Å²) < 4.78 is 56.7. The van der Waals surface area contributed by atoms with Gasteiger partial charge in [0.1, 0.15) is 5.82 Å². The predicted molar refractivity (Wildman–Crippen MR) is 121 cm³/mol. The molecule has 0 amide bonds. The van der Waals surface area contributed by atoms with E-state index in [0.29, 0.717) is 11.4 Å². The molecule has 1 nitrogen and oxygen atoms in total. The Hall–Kier alpha value is -2.39. The van der Waals surface area contributed by atoms with Gasteiger partial charge < -0.3 is 5.32 Å². The second-order valence-electron chi connectivity index (χ2n) is 7.83. The Labute approximate surface area is 181 Å². The molecule has 0 saturated heterocycles. The third-order valence-electron chi connectivity index (χ3n) is 5.61. The van der Waals surface area contributed by atoms with Gasteiger partial charge in [-0.3, -0.25) is 0 Å². The van der Waals surface area contributed by atoms with Crippen LogP contribution in [0.3, 0.4) is 0 Å². The number of hydrogen-bond acceptors (Lipinski definition) is 1. The number of benzene rings is 3. The second kappa shape index (κ2) is 9.40. The Bertz CT molecular complexity index is 960. The van der Waals surface area contributed by atoms with Gasteiger partial charge in [0.25, 0.3) is 0 Å². The van der Waals surface area contributed by atoms with Crippen LogP contribution in [0.5, 0.6) is 0 Å². The van der Waals surface area contributed by atoms with Crippen molar-refractivity contribution in [3.8, 4) is 0 Å². The first-order valence-corrected chi connectivity index (χ1v) is 11.8. The summed E-state index contributed by atoms with van der Waals surface area (Å²) in [6.07, 6.45) is 0.0678. The van der Waals surface area contributed by atoms with Crippen LogP contribution in [0.25, 0.3) is 0 Å². The molecule has 6 heteroatoms. The fourth-order valence-corrected chi connectivity index (χ4v) is 6.63. The van der Waals surface area contributed by atoms with Crippen molar-refractivity contribution in [1.29, 1.82) is 0 Å². The molecule has 1 saturated carbocycles. The van der Waals surface area contributed by atoms with E-state index in [-0.39, 0.29) is 11.7 Å². The molecular weight excluding hydrogens is 421 g/mol. The molecule has 0 radical (unpaired) electrons. The second-order valence-corrected chi connectivity index (χ2v) is 10.0. The van der Waals surface area contributed by atoms with Gasteiger partial charge in [-0.25, -0.2) is 4.39 Å². The highest BCUT2D eigenvalue weighted by Crippen LogP contribution is 2.42. The van der Waals surface area contributed by atoms with E-state index in [1.807, 2.05) is 60.7 Å². The first-order chi connectivity index (χ1) is 14.9. The maximum absolute atomic E-state index is 14.6. The quantitative estimate of drug-likeness (QED) is 0.357. The summed E-state index contributed by atoms with van der Waals surface area (Å²) in [5, 5.41) is 5.35. The zero-order valence-electron chi connectivity index (χ0n) is 17.0. The molecule has 162 valence electrons. The summed E-state index contributed by atoms with van der Waals surface area (Å²) in [5.41, 5.74) is -0.896. The van der Waals surface area contributed by atoms with Crippen molar-refractivity contribution < 1.29 is 17.6 Å². The summed E-state index contributed by atoms with van der Waals surface area (Å²) in [4.78, 5) is 0. The number of halogens is 4. The van der Waals surface area contributed by atoms with Crippen LogP contribution in [0, 0.1) is 5.82 Å². The predicted octanol–water partition coefficient (Wildman–Crippen LogP) is 6.35. The molecule has 31 heavy (non-hydrogen) atoms. The van der Waals surface area contributed by atoms with Crippen LogP contribution < -0.4 is 21.2 Å². The van der Waals surface area contributed by atoms with E-state index in [1.54, 1.807) is 0 Å². The lowest BCUT2D eigenvalue weighted by atomic mass is 9.95. The maximum atomic E-state index is 14.6. The molecule has 1 fully saturated rings. The van der Waals surface area contributed by atoms with Crippen LogP contribution in [-0.4, -0.2) is 6.04 Å². The molecular formula is C25H24F4NP. The van der Waals surface area contributed by atoms with Crippen LogP contribution in [0.15, 0.2) is 72.8 Å². The van der Waals surface area contributed by atoms with Crippen LogP contribution in [0.1, 0.15) is 37.7 Å². The van der Waals surface area contributed by atoms with Crippen molar-refractivity contribution in [2.45, 2.75) is 44.3 Å². The number of hydrogen-bond donors (Lipinski definition) is 1. The molecule has 0 bridgehead atoms. The summed E-state index contributed by atoms with van der Waals surface area (Å²) in [5.74, 6) is -0.865. The van der Waals surface area contributed by atoms with Crippen LogP contribution >= 0.6 is 7.92 Å². The molecule has 3 aromatic carbocycles. The highest BCUT2D eigenvalue weighted by molar-refractivity contribution is 7.80. The van der Waals surface area contributed by atoms with Gasteiger partial charge in [-0.1, -0.05) is 79.9 Å². The van der Waals surface area contributed by atoms with Gasteiger partial charge in [-0.05, 0) is 43.5 Å². The molecule has 0 heterocycles. The Balaban J connectivity index is 1.92. The summed E-state index contributed by atoms with van der Waals surface area (Å²) in [7, 11) is -1.38. The molecule has 0 spiro atoms. The first kappa shape index (κ1) is 21.8. The van der Waals surface area contributed by atoms with E-state index in [1.165, 1.54) is 6.07 Å². The molecule has 4 rings (SSSR count). The Morgan fingerprint density at radius 2 is 1.32 bits per heavy atom. The Morgan fingerprint density at radius 1 is 0.774 bits per heavy atom. The molecule has 3 aromatic rings. The van der Waals surface area contributed by atoms with Gasteiger partial charge >= 0.3 is 6.18 Å². The molecule has 1 aliphatic rings. The highest BCUT2D eigenvalue weighted by Gasteiger charge is 2.37. The van der Waals surface area contributed by atoms with E-state index in [4.69, 9.17) is 0 Å². The lowest BCUT2D eigenvalue weighted by Gasteiger charge is -2.30. The molecule has 0 atom stereocenters. The molecule has 1 aliphatic carbocycles. The van der Waals surface area contributed by atoms with Crippen LogP contribution in [0.4, 0.5) is 23.2 Å². The smallest absolute Gasteiger partial charge is 0.381 e. The largest absolute Gasteiger partial charge is 0.418 e. The van der Waals surface area contributed by atoms with Gasteiger partial charge in [0.05, 0.1) is 11.3 Å². The van der Waals surface area contributed by atoms with Crippen molar-refractivity contribution in [2.24, 2.45) is 0 Å². The minimum atomic E-state index is -4.65. The van der Waals surface area contributed by atoms with E-state index in [9.17, 15) is 17.6 Å². The van der Waals surface area contributed by atoms with Gasteiger partial charge in [0.2, 0.25) is 0 Å². The number of alkyl halides is 3. The number of nitrogens with one attached hydrogen (secondary N) is 1. The van der Waals surface area contributed by atoms with Crippen LogP contribution in [0.2, 0.25) is 0 Å². The monoisotopic (exact) mass is 445 g/mol. The zero-order valence-corrected chi connectivity index (χ0v) is 17.9. The SMILES string of the molecule is Fc1cc(P(c2ccccc2)c2ccccc2)c(NC2CCCCC2)c(C(F)(F)F)c1. The van der Waals surface area contributed by atoms with Crippen molar-refractivity contribution in [3.63, 3.8) is 0 Å².